The number of nitrogens with one attached hydrogen (secondary N) is 1. The van der Waals surface area contributed by atoms with Gasteiger partial charge in [-0.3, -0.25) is 0 Å². The maximum absolute atomic E-state index is 11.1. The van der Waals surface area contributed by atoms with Gasteiger partial charge in [0.2, 0.25) is 0 Å². The van der Waals surface area contributed by atoms with Gasteiger partial charge >= 0.3 is 5.97 Å². The van der Waals surface area contributed by atoms with Crippen molar-refractivity contribution in [2.24, 2.45) is 11.0 Å². The van der Waals surface area contributed by atoms with Crippen molar-refractivity contribution in [2.45, 2.75) is 13.0 Å². The molecular weight excluding hydrogens is 280 g/mol. The quantitative estimate of drug-likeness (QED) is 0.813. The normalized spacial score (nSPS) is 20.3. The van der Waals surface area contributed by atoms with E-state index in [0.717, 1.165) is 11.3 Å². The minimum Gasteiger partial charge on any atom is -0.507 e. The highest BCUT2D eigenvalue weighted by molar-refractivity contribution is 6.03. The number of hydrogen-bond donors (Lipinski definition) is 3. The van der Waals surface area contributed by atoms with Crippen LogP contribution >= 0.6 is 0 Å². The molecule has 1 heterocycles. The highest BCUT2D eigenvalue weighted by Crippen LogP contribution is 2.36. The second-order valence-electron chi connectivity index (χ2n) is 5.31. The van der Waals surface area contributed by atoms with Crippen LogP contribution in [0.5, 0.6) is 5.75 Å². The summed E-state index contributed by atoms with van der Waals surface area (Å²) >= 11 is 0. The second-order valence-corrected chi connectivity index (χ2v) is 5.31. The number of hydrogen-bond acceptors (Lipinski definition) is 4. The van der Waals surface area contributed by atoms with E-state index in [0.29, 0.717) is 5.56 Å². The standard InChI is InChI=1S/C17H16N2O3/c1-10-14(11-6-3-2-4-7-11)18-19-15(10)12-8-5-9-13(16(12)20)17(21)22/h2-10,15,19-20H,1H3,(H,21,22). The molecule has 1 aliphatic heterocycles. The highest BCUT2D eigenvalue weighted by Gasteiger charge is 2.32. The zero-order chi connectivity index (χ0) is 15.7. The lowest BCUT2D eigenvalue weighted by atomic mass is 9.88. The van der Waals surface area contributed by atoms with Crippen LogP contribution in [-0.4, -0.2) is 21.9 Å². The number of aromatic carboxylic acids is 1. The van der Waals surface area contributed by atoms with Crippen LogP contribution in [0, 0.1) is 5.92 Å². The Morgan fingerprint density at radius 3 is 2.55 bits per heavy atom. The van der Waals surface area contributed by atoms with Gasteiger partial charge in [0.25, 0.3) is 0 Å². The van der Waals surface area contributed by atoms with E-state index in [4.69, 9.17) is 5.11 Å². The molecule has 5 heteroatoms. The van der Waals surface area contributed by atoms with Crippen LogP contribution in [0.2, 0.25) is 0 Å². The van der Waals surface area contributed by atoms with Gasteiger partial charge in [0, 0.05) is 11.5 Å². The van der Waals surface area contributed by atoms with Crippen LogP contribution in [0.25, 0.3) is 0 Å². The predicted octanol–water partition coefficient (Wildman–Crippen LogP) is 2.78. The molecule has 0 amide bonds. The molecule has 0 fully saturated rings. The van der Waals surface area contributed by atoms with E-state index in [1.165, 1.54) is 6.07 Å². The average molecular weight is 296 g/mol. The molecule has 0 spiro atoms. The summed E-state index contributed by atoms with van der Waals surface area (Å²) in [5.41, 5.74) is 5.37. The monoisotopic (exact) mass is 296 g/mol. The number of para-hydroxylation sites is 1. The van der Waals surface area contributed by atoms with Crippen molar-refractivity contribution in [1.29, 1.82) is 0 Å². The van der Waals surface area contributed by atoms with Crippen LogP contribution in [0.1, 0.15) is 34.5 Å². The molecule has 0 aromatic heterocycles. The van der Waals surface area contributed by atoms with Crippen molar-refractivity contribution in [3.63, 3.8) is 0 Å². The number of nitrogens with zero attached hydrogens (tertiary/aromatic N) is 1. The third-order valence-electron chi connectivity index (χ3n) is 3.96. The number of rotatable bonds is 3. The Bertz CT molecular complexity index is 741. The van der Waals surface area contributed by atoms with Crippen molar-refractivity contribution in [3.05, 3.63) is 65.2 Å². The van der Waals surface area contributed by atoms with E-state index in [9.17, 15) is 9.90 Å². The minimum absolute atomic E-state index is 0.0114. The molecule has 112 valence electrons. The van der Waals surface area contributed by atoms with Gasteiger partial charge < -0.3 is 15.6 Å². The zero-order valence-corrected chi connectivity index (χ0v) is 12.0. The minimum atomic E-state index is -1.14. The molecule has 2 unspecified atom stereocenters. The number of carboxylic acids is 1. The summed E-state index contributed by atoms with van der Waals surface area (Å²) in [6, 6.07) is 14.3. The summed E-state index contributed by atoms with van der Waals surface area (Å²) in [6.45, 7) is 2.00. The molecule has 5 nitrogen and oxygen atoms in total. The third-order valence-corrected chi connectivity index (χ3v) is 3.96. The maximum Gasteiger partial charge on any atom is 0.339 e. The molecule has 0 radical (unpaired) electrons. The largest absolute Gasteiger partial charge is 0.507 e. The first-order valence-corrected chi connectivity index (χ1v) is 7.03. The van der Waals surface area contributed by atoms with Crippen LogP contribution in [0.3, 0.4) is 0 Å². The Balaban J connectivity index is 1.93. The van der Waals surface area contributed by atoms with Crippen LogP contribution < -0.4 is 5.43 Å². The second kappa shape index (κ2) is 5.52. The summed E-state index contributed by atoms with van der Waals surface area (Å²) < 4.78 is 0. The van der Waals surface area contributed by atoms with E-state index < -0.39 is 5.97 Å². The van der Waals surface area contributed by atoms with E-state index >= 15 is 0 Å². The lowest BCUT2D eigenvalue weighted by molar-refractivity contribution is 0.0693. The predicted molar refractivity (Wildman–Crippen MR) is 83.1 cm³/mol. The molecule has 3 N–H and O–H groups in total. The van der Waals surface area contributed by atoms with E-state index in [-0.39, 0.29) is 23.3 Å². The summed E-state index contributed by atoms with van der Waals surface area (Å²) in [5.74, 6) is -1.34. The first-order chi connectivity index (χ1) is 10.6. The molecule has 1 aliphatic rings. The number of carbonyl (C=O) groups is 1. The van der Waals surface area contributed by atoms with Crippen LogP contribution in [0.4, 0.5) is 0 Å². The average Bonchev–Trinajstić information content (AvgIpc) is 2.90. The maximum atomic E-state index is 11.1. The Morgan fingerprint density at radius 2 is 1.86 bits per heavy atom. The van der Waals surface area contributed by atoms with E-state index in [1.807, 2.05) is 37.3 Å². The summed E-state index contributed by atoms with van der Waals surface area (Å²) in [6.07, 6.45) is 0. The SMILES string of the molecule is CC1C(c2ccccc2)=NNC1c1cccc(C(=O)O)c1O. The number of carboxylic acid groups (broad SMARTS) is 1. The van der Waals surface area contributed by atoms with Crippen LogP contribution in [0.15, 0.2) is 53.6 Å². The number of phenols is 1. The molecule has 0 aliphatic carbocycles. The Kier molecular flexibility index (Phi) is 3.55. The van der Waals surface area contributed by atoms with Gasteiger partial charge in [-0.2, -0.15) is 5.10 Å². The first kappa shape index (κ1) is 14.1. The van der Waals surface area contributed by atoms with Crippen molar-refractivity contribution >= 4 is 11.7 Å². The summed E-state index contributed by atoms with van der Waals surface area (Å²) in [5, 5.41) is 23.7. The van der Waals surface area contributed by atoms with Crippen molar-refractivity contribution in [2.75, 3.05) is 0 Å². The molecule has 2 aromatic rings. The number of aromatic hydroxyl groups is 1. The van der Waals surface area contributed by atoms with Gasteiger partial charge in [0.05, 0.1) is 11.8 Å². The molecule has 0 saturated carbocycles. The fourth-order valence-electron chi connectivity index (χ4n) is 2.77. The molecule has 0 saturated heterocycles. The Hall–Kier alpha value is -2.82. The Morgan fingerprint density at radius 1 is 1.14 bits per heavy atom. The van der Waals surface area contributed by atoms with Gasteiger partial charge in [-0.15, -0.1) is 0 Å². The zero-order valence-electron chi connectivity index (χ0n) is 12.0. The van der Waals surface area contributed by atoms with Crippen molar-refractivity contribution in [1.82, 2.24) is 5.43 Å². The molecule has 3 rings (SSSR count). The number of benzene rings is 2. The fraction of sp³-hybridized carbons (Fsp3) is 0.176. The van der Waals surface area contributed by atoms with Gasteiger partial charge in [-0.1, -0.05) is 49.4 Å². The highest BCUT2D eigenvalue weighted by atomic mass is 16.4. The molecule has 0 bridgehead atoms. The lowest BCUT2D eigenvalue weighted by Crippen LogP contribution is -2.20. The smallest absolute Gasteiger partial charge is 0.339 e. The lowest BCUT2D eigenvalue weighted by Gasteiger charge is -2.19. The van der Waals surface area contributed by atoms with E-state index in [1.54, 1.807) is 12.1 Å². The summed E-state index contributed by atoms with van der Waals surface area (Å²) in [4.78, 5) is 11.1. The molecule has 2 aromatic carbocycles. The van der Waals surface area contributed by atoms with Gasteiger partial charge in [-0.05, 0) is 11.6 Å². The summed E-state index contributed by atoms with van der Waals surface area (Å²) in [7, 11) is 0. The molecule has 22 heavy (non-hydrogen) atoms. The number of hydrazone groups is 1. The third kappa shape index (κ3) is 2.30. The van der Waals surface area contributed by atoms with Gasteiger partial charge in [-0.25, -0.2) is 4.79 Å². The van der Waals surface area contributed by atoms with Crippen molar-refractivity contribution in [3.8, 4) is 5.75 Å². The fourth-order valence-corrected chi connectivity index (χ4v) is 2.77. The van der Waals surface area contributed by atoms with E-state index in [2.05, 4.69) is 10.5 Å². The first-order valence-electron chi connectivity index (χ1n) is 7.03. The van der Waals surface area contributed by atoms with Gasteiger partial charge in [0.1, 0.15) is 11.3 Å². The molecular formula is C17H16N2O3. The van der Waals surface area contributed by atoms with Crippen molar-refractivity contribution < 1.29 is 15.0 Å². The topological polar surface area (TPSA) is 81.9 Å². The van der Waals surface area contributed by atoms with Gasteiger partial charge in [0.15, 0.2) is 0 Å². The molecule has 2 atom stereocenters. The Labute approximate surface area is 127 Å². The van der Waals surface area contributed by atoms with Crippen LogP contribution in [-0.2, 0) is 0 Å².